The molecule has 33 heavy (non-hydrogen) atoms. The van der Waals surface area contributed by atoms with Crippen LogP contribution in [0.25, 0.3) is 11.3 Å². The Balaban J connectivity index is 1.60. The quantitative estimate of drug-likeness (QED) is 0.237. The molecule has 3 aromatic rings. The minimum atomic E-state index is -0.0136. The number of anilines is 1. The van der Waals surface area contributed by atoms with Crippen LogP contribution in [0.2, 0.25) is 0 Å². The third kappa shape index (κ3) is 4.21. The monoisotopic (exact) mass is 596 g/mol. The molecule has 2 aliphatic carbocycles. The molecule has 0 amide bonds. The average molecular weight is 597 g/mol. The number of benzene rings is 2. The Morgan fingerprint density at radius 2 is 2.03 bits per heavy atom. The Bertz CT molecular complexity index is 1170. The summed E-state index contributed by atoms with van der Waals surface area (Å²) in [5.41, 5.74) is 4.31. The van der Waals surface area contributed by atoms with Crippen molar-refractivity contribution in [3.63, 3.8) is 0 Å². The van der Waals surface area contributed by atoms with E-state index in [-0.39, 0.29) is 12.0 Å². The molecule has 0 saturated heterocycles. The number of hydrogen-bond donors (Lipinski definition) is 1. The molecule has 0 radical (unpaired) electrons. The van der Waals surface area contributed by atoms with E-state index in [2.05, 4.69) is 36.7 Å². The number of fused-ring (bicyclic) bond motifs is 4. The predicted octanol–water partition coefficient (Wildman–Crippen LogP) is 6.04. The molecule has 2 aliphatic rings. The fourth-order valence-corrected chi connectivity index (χ4v) is 6.71. The van der Waals surface area contributed by atoms with Gasteiger partial charge in [0.15, 0.2) is 11.6 Å². The number of aromatic nitrogens is 1. The first-order chi connectivity index (χ1) is 16.1. The number of nitrogens with zero attached hydrogens (tertiary/aromatic N) is 2. The van der Waals surface area contributed by atoms with Crippen molar-refractivity contribution < 1.29 is 19.1 Å². The van der Waals surface area contributed by atoms with Crippen molar-refractivity contribution in [1.82, 2.24) is 5.16 Å². The van der Waals surface area contributed by atoms with Gasteiger partial charge in [0.05, 0.1) is 25.7 Å². The smallest absolute Gasteiger partial charge is 0.186 e. The molecule has 1 spiro atoms. The van der Waals surface area contributed by atoms with Gasteiger partial charge < -0.3 is 19.1 Å². The lowest BCUT2D eigenvalue weighted by Crippen LogP contribution is -2.23. The van der Waals surface area contributed by atoms with Gasteiger partial charge in [-0.1, -0.05) is 26.2 Å². The van der Waals surface area contributed by atoms with Crippen LogP contribution in [0.5, 0.6) is 11.5 Å². The number of rotatable bonds is 9. The minimum absolute atomic E-state index is 0.0136. The van der Waals surface area contributed by atoms with Gasteiger partial charge in [-0.3, -0.25) is 4.31 Å². The second-order valence-corrected chi connectivity index (χ2v) is 11.9. The summed E-state index contributed by atoms with van der Waals surface area (Å²) in [5.74, 6) is 4.18. The zero-order valence-electron chi connectivity index (χ0n) is 18.5. The molecule has 1 saturated carbocycles. The number of hydrogen-bond acceptors (Lipinski definition) is 8. The van der Waals surface area contributed by atoms with E-state index in [1.54, 1.807) is 35.1 Å². The Labute approximate surface area is 214 Å². The topological polar surface area (TPSA) is 68.0 Å². The molecule has 9 heteroatoms. The maximum absolute atomic E-state index is 10.1. The van der Waals surface area contributed by atoms with Crippen molar-refractivity contribution in [3.05, 3.63) is 53.1 Å². The van der Waals surface area contributed by atoms with E-state index in [9.17, 15) is 5.11 Å². The van der Waals surface area contributed by atoms with Crippen LogP contribution < -0.4 is 13.8 Å². The molecular weight excluding hydrogens is 571 g/mol. The maximum Gasteiger partial charge on any atom is 0.186 e. The summed E-state index contributed by atoms with van der Waals surface area (Å²) in [6, 6.07) is 12.0. The van der Waals surface area contributed by atoms with Gasteiger partial charge in [-0.25, -0.2) is 0 Å². The maximum atomic E-state index is 10.1. The van der Waals surface area contributed by atoms with E-state index in [1.165, 1.54) is 5.56 Å². The van der Waals surface area contributed by atoms with Crippen molar-refractivity contribution in [1.29, 1.82) is 0 Å². The second kappa shape index (κ2) is 9.59. The highest BCUT2D eigenvalue weighted by Gasteiger charge is 2.52. The lowest BCUT2D eigenvalue weighted by atomic mass is 9.77. The highest BCUT2D eigenvalue weighted by atomic mass is 127. The van der Waals surface area contributed by atoms with Gasteiger partial charge in [-0.05, 0) is 87.8 Å². The van der Waals surface area contributed by atoms with E-state index >= 15 is 0 Å². The Morgan fingerprint density at radius 3 is 2.73 bits per heavy atom. The summed E-state index contributed by atoms with van der Waals surface area (Å²) in [5, 5.41) is 14.7. The number of para-hydroxylation sites is 1. The molecular formula is C24H25IN2O4S2. The standard InChI is InChI=1S/C24H25IN2O4S2/c1-29-16-11-15(14-28)21-17(12-16)22-18(13-24(21)7-8-24)23(26-31-22)27(9-10-32-25)33-20-6-4-3-5-19(20)30-2/h3-6,11-12,28H,7-10,13-14H2,1-2H3. The lowest BCUT2D eigenvalue weighted by Gasteiger charge is -2.29. The van der Waals surface area contributed by atoms with Crippen LogP contribution in [-0.2, 0) is 18.4 Å². The van der Waals surface area contributed by atoms with Crippen molar-refractivity contribution >= 4 is 47.9 Å². The Morgan fingerprint density at radius 1 is 1.21 bits per heavy atom. The number of methoxy groups -OCH3 is 2. The van der Waals surface area contributed by atoms with Gasteiger partial charge in [-0.15, -0.1) is 0 Å². The third-order valence-electron chi connectivity index (χ3n) is 6.40. The molecule has 6 nitrogen and oxygen atoms in total. The van der Waals surface area contributed by atoms with Gasteiger partial charge in [0.1, 0.15) is 11.5 Å². The van der Waals surface area contributed by atoms with Crippen molar-refractivity contribution in [2.45, 2.75) is 36.2 Å². The van der Waals surface area contributed by atoms with Gasteiger partial charge in [0.2, 0.25) is 0 Å². The van der Waals surface area contributed by atoms with Gasteiger partial charge >= 0.3 is 0 Å². The van der Waals surface area contributed by atoms with E-state index in [1.807, 2.05) is 30.3 Å². The number of aliphatic hydroxyl groups excluding tert-OH is 1. The summed E-state index contributed by atoms with van der Waals surface area (Å²) in [6.45, 7) is 0.801. The third-order valence-corrected chi connectivity index (χ3v) is 9.16. The van der Waals surface area contributed by atoms with Crippen molar-refractivity contribution in [2.75, 3.05) is 30.8 Å². The van der Waals surface area contributed by atoms with E-state index in [0.717, 1.165) is 76.2 Å². The lowest BCUT2D eigenvalue weighted by molar-refractivity contribution is 0.278. The number of aliphatic hydroxyl groups is 1. The van der Waals surface area contributed by atoms with Crippen LogP contribution in [0.3, 0.4) is 0 Å². The first-order valence-corrected chi connectivity index (χ1v) is 15.1. The van der Waals surface area contributed by atoms with Crippen LogP contribution in [-0.4, -0.2) is 36.8 Å². The minimum Gasteiger partial charge on any atom is -0.497 e. The molecule has 0 atom stereocenters. The molecule has 1 heterocycles. The summed E-state index contributed by atoms with van der Waals surface area (Å²) in [7, 11) is 5.12. The SMILES string of the molecule is COc1cc(CO)c2c(c1)-c1onc(N(CCSI)Sc3ccccc3OC)c1CC21CC1. The van der Waals surface area contributed by atoms with Crippen LogP contribution in [0, 0.1) is 0 Å². The highest BCUT2D eigenvalue weighted by Crippen LogP contribution is 2.60. The molecule has 0 unspecified atom stereocenters. The molecule has 1 N–H and O–H groups in total. The normalized spacial score (nSPS) is 15.2. The molecule has 1 aromatic heterocycles. The molecule has 5 rings (SSSR count). The fourth-order valence-electron chi connectivity index (χ4n) is 4.72. The van der Waals surface area contributed by atoms with Gasteiger partial charge in [-0.2, -0.15) is 0 Å². The highest BCUT2D eigenvalue weighted by molar-refractivity contribution is 14.2. The first kappa shape index (κ1) is 23.2. The fraction of sp³-hybridized carbons (Fsp3) is 0.375. The van der Waals surface area contributed by atoms with Crippen LogP contribution in [0.4, 0.5) is 5.82 Å². The molecule has 1 fully saturated rings. The molecule has 2 aromatic carbocycles. The predicted molar refractivity (Wildman–Crippen MR) is 142 cm³/mol. The van der Waals surface area contributed by atoms with Crippen LogP contribution >= 0.6 is 42.1 Å². The Kier molecular flexibility index (Phi) is 6.74. The summed E-state index contributed by atoms with van der Waals surface area (Å²) >= 11 is 3.97. The van der Waals surface area contributed by atoms with E-state index in [4.69, 9.17) is 14.0 Å². The molecule has 174 valence electrons. The zero-order valence-corrected chi connectivity index (χ0v) is 22.3. The molecule has 0 bridgehead atoms. The van der Waals surface area contributed by atoms with Gasteiger partial charge in [0, 0.05) is 28.8 Å². The zero-order chi connectivity index (χ0) is 23.0. The van der Waals surface area contributed by atoms with Crippen molar-refractivity contribution in [3.8, 4) is 22.8 Å². The summed E-state index contributed by atoms with van der Waals surface area (Å²) in [6.07, 6.45) is 3.08. The summed E-state index contributed by atoms with van der Waals surface area (Å²) < 4.78 is 19.3. The molecule has 0 aliphatic heterocycles. The van der Waals surface area contributed by atoms with Crippen molar-refractivity contribution in [2.24, 2.45) is 0 Å². The number of ether oxygens (including phenoxy) is 2. The average Bonchev–Trinajstić information content (AvgIpc) is 3.49. The van der Waals surface area contributed by atoms with E-state index < -0.39 is 0 Å². The largest absolute Gasteiger partial charge is 0.497 e. The second-order valence-electron chi connectivity index (χ2n) is 8.30. The summed E-state index contributed by atoms with van der Waals surface area (Å²) in [4.78, 5) is 1.04. The van der Waals surface area contributed by atoms with Crippen LogP contribution in [0.15, 0.2) is 45.8 Å². The van der Waals surface area contributed by atoms with E-state index in [0.29, 0.717) is 0 Å². The Hall–Kier alpha value is -1.56. The first-order valence-electron chi connectivity index (χ1n) is 10.8. The number of halogens is 1. The van der Waals surface area contributed by atoms with Crippen LogP contribution in [0.1, 0.15) is 29.5 Å². The van der Waals surface area contributed by atoms with Gasteiger partial charge in [0.25, 0.3) is 0 Å².